The molecule has 0 unspecified atom stereocenters. The Morgan fingerprint density at radius 3 is 2.50 bits per heavy atom. The number of benzene rings is 1. The molecule has 0 bridgehead atoms. The standard InChI is InChI=1S/C14H20N2O2/c1-11-8-16(9-12(2)18-11)10-14(17)15-13-6-4-3-5-7-13/h3-7,11-12H,8-10H2,1-2H3,(H,15,17)/t11-,12+. The van der Waals surface area contributed by atoms with Crippen molar-refractivity contribution in [3.8, 4) is 0 Å². The van der Waals surface area contributed by atoms with Crippen LogP contribution in [0.15, 0.2) is 30.3 Å². The molecule has 1 heterocycles. The van der Waals surface area contributed by atoms with Crippen LogP contribution in [0.1, 0.15) is 13.8 Å². The summed E-state index contributed by atoms with van der Waals surface area (Å²) in [7, 11) is 0. The predicted molar refractivity (Wildman–Crippen MR) is 71.5 cm³/mol. The Balaban J connectivity index is 1.84. The zero-order valence-electron chi connectivity index (χ0n) is 10.9. The fourth-order valence-corrected chi connectivity index (χ4v) is 2.34. The molecule has 98 valence electrons. The van der Waals surface area contributed by atoms with Crippen molar-refractivity contribution in [2.24, 2.45) is 0 Å². The maximum Gasteiger partial charge on any atom is 0.238 e. The Morgan fingerprint density at radius 1 is 1.28 bits per heavy atom. The number of nitrogens with zero attached hydrogens (tertiary/aromatic N) is 1. The molecular formula is C14H20N2O2. The number of anilines is 1. The molecule has 1 aromatic carbocycles. The van der Waals surface area contributed by atoms with Crippen molar-refractivity contribution in [2.45, 2.75) is 26.1 Å². The van der Waals surface area contributed by atoms with E-state index in [1.54, 1.807) is 0 Å². The molecule has 1 aliphatic heterocycles. The molecule has 2 rings (SSSR count). The van der Waals surface area contributed by atoms with Gasteiger partial charge in [0.1, 0.15) is 0 Å². The molecular weight excluding hydrogens is 228 g/mol. The number of nitrogens with one attached hydrogen (secondary N) is 1. The van der Waals surface area contributed by atoms with Gasteiger partial charge in [-0.25, -0.2) is 0 Å². The van der Waals surface area contributed by atoms with Gasteiger partial charge in [-0.1, -0.05) is 18.2 Å². The van der Waals surface area contributed by atoms with Crippen LogP contribution in [0.2, 0.25) is 0 Å². The van der Waals surface area contributed by atoms with Gasteiger partial charge in [0, 0.05) is 18.8 Å². The second-order valence-corrected chi connectivity index (χ2v) is 4.87. The SMILES string of the molecule is C[C@@H]1CN(CC(=O)Nc2ccccc2)C[C@H](C)O1. The van der Waals surface area contributed by atoms with Gasteiger partial charge in [0.05, 0.1) is 18.8 Å². The van der Waals surface area contributed by atoms with Crippen molar-refractivity contribution >= 4 is 11.6 Å². The largest absolute Gasteiger partial charge is 0.373 e. The van der Waals surface area contributed by atoms with E-state index in [9.17, 15) is 4.79 Å². The number of hydrogen-bond donors (Lipinski definition) is 1. The molecule has 0 spiro atoms. The molecule has 0 saturated carbocycles. The van der Waals surface area contributed by atoms with Crippen LogP contribution >= 0.6 is 0 Å². The number of para-hydroxylation sites is 1. The highest BCUT2D eigenvalue weighted by Gasteiger charge is 2.23. The summed E-state index contributed by atoms with van der Waals surface area (Å²) in [5.41, 5.74) is 0.844. The van der Waals surface area contributed by atoms with E-state index in [0.717, 1.165) is 18.8 Å². The van der Waals surface area contributed by atoms with E-state index in [1.165, 1.54) is 0 Å². The quantitative estimate of drug-likeness (QED) is 0.886. The number of morpholine rings is 1. The molecule has 1 fully saturated rings. The lowest BCUT2D eigenvalue weighted by molar-refractivity contribution is -0.121. The van der Waals surface area contributed by atoms with Gasteiger partial charge >= 0.3 is 0 Å². The lowest BCUT2D eigenvalue weighted by atomic mass is 10.2. The summed E-state index contributed by atoms with van der Waals surface area (Å²) in [6.07, 6.45) is 0.386. The third kappa shape index (κ3) is 3.82. The van der Waals surface area contributed by atoms with E-state index in [0.29, 0.717) is 6.54 Å². The molecule has 1 saturated heterocycles. The number of rotatable bonds is 3. The Morgan fingerprint density at radius 2 is 1.89 bits per heavy atom. The summed E-state index contributed by atoms with van der Waals surface area (Å²) in [5, 5.41) is 2.90. The second-order valence-electron chi connectivity index (χ2n) is 4.87. The van der Waals surface area contributed by atoms with E-state index in [1.807, 2.05) is 44.2 Å². The monoisotopic (exact) mass is 248 g/mol. The third-order valence-electron chi connectivity index (χ3n) is 2.92. The van der Waals surface area contributed by atoms with Crippen LogP contribution < -0.4 is 5.32 Å². The minimum atomic E-state index is 0.0301. The van der Waals surface area contributed by atoms with Gasteiger partial charge in [0.2, 0.25) is 5.91 Å². The minimum absolute atomic E-state index is 0.0301. The molecule has 0 radical (unpaired) electrons. The molecule has 1 N–H and O–H groups in total. The van der Waals surface area contributed by atoms with Crippen LogP contribution in [0.3, 0.4) is 0 Å². The minimum Gasteiger partial charge on any atom is -0.373 e. The highest BCUT2D eigenvalue weighted by Crippen LogP contribution is 2.11. The maximum absolute atomic E-state index is 11.9. The van der Waals surface area contributed by atoms with Crippen molar-refractivity contribution in [1.29, 1.82) is 0 Å². The van der Waals surface area contributed by atoms with E-state index in [4.69, 9.17) is 4.74 Å². The molecule has 1 aliphatic rings. The first-order valence-corrected chi connectivity index (χ1v) is 6.36. The predicted octanol–water partition coefficient (Wildman–Crippen LogP) is 1.73. The zero-order valence-corrected chi connectivity index (χ0v) is 10.9. The van der Waals surface area contributed by atoms with Crippen LogP contribution in [0.25, 0.3) is 0 Å². The number of carbonyl (C=O) groups is 1. The smallest absolute Gasteiger partial charge is 0.238 e. The van der Waals surface area contributed by atoms with Gasteiger partial charge in [0.15, 0.2) is 0 Å². The molecule has 4 heteroatoms. The Hall–Kier alpha value is -1.39. The molecule has 0 aliphatic carbocycles. The second kappa shape index (κ2) is 5.98. The number of hydrogen-bond acceptors (Lipinski definition) is 3. The fourth-order valence-electron chi connectivity index (χ4n) is 2.34. The van der Waals surface area contributed by atoms with Gasteiger partial charge in [-0.3, -0.25) is 9.69 Å². The van der Waals surface area contributed by atoms with E-state index in [-0.39, 0.29) is 18.1 Å². The normalized spacial score (nSPS) is 24.8. The van der Waals surface area contributed by atoms with Crippen LogP contribution in [0, 0.1) is 0 Å². The van der Waals surface area contributed by atoms with Crippen LogP contribution in [-0.4, -0.2) is 42.6 Å². The Labute approximate surface area is 108 Å². The molecule has 18 heavy (non-hydrogen) atoms. The lowest BCUT2D eigenvalue weighted by Gasteiger charge is -2.34. The van der Waals surface area contributed by atoms with E-state index in [2.05, 4.69) is 10.2 Å². The average molecular weight is 248 g/mol. The maximum atomic E-state index is 11.9. The molecule has 0 aromatic heterocycles. The molecule has 4 nitrogen and oxygen atoms in total. The lowest BCUT2D eigenvalue weighted by Crippen LogP contribution is -2.48. The van der Waals surface area contributed by atoms with E-state index >= 15 is 0 Å². The number of ether oxygens (including phenoxy) is 1. The molecule has 2 atom stereocenters. The van der Waals surface area contributed by atoms with Crippen LogP contribution in [0.4, 0.5) is 5.69 Å². The van der Waals surface area contributed by atoms with Gasteiger partial charge in [0.25, 0.3) is 0 Å². The first-order valence-electron chi connectivity index (χ1n) is 6.36. The van der Waals surface area contributed by atoms with Crippen LogP contribution in [0.5, 0.6) is 0 Å². The Kier molecular flexibility index (Phi) is 4.33. The summed E-state index contributed by atoms with van der Waals surface area (Å²) in [4.78, 5) is 14.0. The van der Waals surface area contributed by atoms with Crippen molar-refractivity contribution in [3.05, 3.63) is 30.3 Å². The summed E-state index contributed by atoms with van der Waals surface area (Å²) in [5.74, 6) is 0.0301. The third-order valence-corrected chi connectivity index (χ3v) is 2.92. The topological polar surface area (TPSA) is 41.6 Å². The summed E-state index contributed by atoms with van der Waals surface area (Å²) in [6.45, 7) is 6.13. The van der Waals surface area contributed by atoms with Crippen LogP contribution in [-0.2, 0) is 9.53 Å². The van der Waals surface area contributed by atoms with Gasteiger partial charge in [-0.15, -0.1) is 0 Å². The summed E-state index contributed by atoms with van der Waals surface area (Å²) in [6, 6.07) is 9.54. The van der Waals surface area contributed by atoms with Gasteiger partial charge in [-0.2, -0.15) is 0 Å². The summed E-state index contributed by atoms with van der Waals surface area (Å²) >= 11 is 0. The summed E-state index contributed by atoms with van der Waals surface area (Å²) < 4.78 is 5.64. The first kappa shape index (κ1) is 13.1. The highest BCUT2D eigenvalue weighted by atomic mass is 16.5. The average Bonchev–Trinajstić information content (AvgIpc) is 2.28. The van der Waals surface area contributed by atoms with Crippen molar-refractivity contribution < 1.29 is 9.53 Å². The first-order chi connectivity index (χ1) is 8.63. The fraction of sp³-hybridized carbons (Fsp3) is 0.500. The molecule has 1 amide bonds. The molecule has 1 aromatic rings. The van der Waals surface area contributed by atoms with Crippen molar-refractivity contribution in [2.75, 3.05) is 25.0 Å². The zero-order chi connectivity index (χ0) is 13.0. The Bertz CT molecular complexity index is 384. The highest BCUT2D eigenvalue weighted by molar-refractivity contribution is 5.92. The van der Waals surface area contributed by atoms with E-state index < -0.39 is 0 Å². The van der Waals surface area contributed by atoms with Gasteiger partial charge in [-0.05, 0) is 26.0 Å². The van der Waals surface area contributed by atoms with Crippen molar-refractivity contribution in [1.82, 2.24) is 4.90 Å². The number of carbonyl (C=O) groups excluding carboxylic acids is 1. The van der Waals surface area contributed by atoms with Gasteiger partial charge < -0.3 is 10.1 Å². The van der Waals surface area contributed by atoms with Crippen molar-refractivity contribution in [3.63, 3.8) is 0 Å². The number of amides is 1.